The highest BCUT2D eigenvalue weighted by Crippen LogP contribution is 2.20. The van der Waals surface area contributed by atoms with Crippen LogP contribution in [0.15, 0.2) is 60.9 Å². The van der Waals surface area contributed by atoms with Gasteiger partial charge in [-0.1, -0.05) is 36.4 Å². The highest BCUT2D eigenvalue weighted by atomic mass is 16.1. The monoisotopic (exact) mass is 347 g/mol. The molecule has 2 heterocycles. The molecule has 6 heteroatoms. The van der Waals surface area contributed by atoms with Gasteiger partial charge in [-0.3, -0.25) is 9.78 Å². The van der Waals surface area contributed by atoms with Crippen LogP contribution in [-0.2, 0) is 6.42 Å². The van der Waals surface area contributed by atoms with Crippen LogP contribution in [0.3, 0.4) is 0 Å². The lowest BCUT2D eigenvalue weighted by Gasteiger charge is -2.16. The first-order chi connectivity index (χ1) is 12.6. The van der Waals surface area contributed by atoms with Crippen LogP contribution < -0.4 is 10.2 Å². The van der Waals surface area contributed by atoms with E-state index >= 15 is 0 Å². The third-order valence-corrected chi connectivity index (χ3v) is 3.86. The second-order valence-electron chi connectivity index (χ2n) is 6.02. The van der Waals surface area contributed by atoms with Gasteiger partial charge in [0.25, 0.3) is 5.91 Å². The summed E-state index contributed by atoms with van der Waals surface area (Å²) >= 11 is 0. The first-order valence-corrected chi connectivity index (χ1v) is 8.43. The Bertz CT molecular complexity index is 866. The average Bonchev–Trinajstić information content (AvgIpc) is 2.69. The second kappa shape index (κ2) is 8.20. The number of pyridine rings is 1. The first-order valence-electron chi connectivity index (χ1n) is 8.43. The van der Waals surface area contributed by atoms with Crippen LogP contribution >= 0.6 is 0 Å². The molecule has 0 radical (unpaired) electrons. The first kappa shape index (κ1) is 17.5. The third-order valence-electron chi connectivity index (χ3n) is 3.86. The third kappa shape index (κ3) is 4.22. The Balaban J connectivity index is 1.75. The molecule has 0 bridgehead atoms. The standard InChI is InChI=1S/C20H21N5O/c1-25(2)19-17(14-23-18(24-19)15-8-4-3-5-9-15)20(26)22-13-11-16-10-6-7-12-21-16/h3-10,12,14H,11,13H2,1-2H3,(H,22,26). The van der Waals surface area contributed by atoms with Crippen LogP contribution in [-0.4, -0.2) is 41.5 Å². The van der Waals surface area contributed by atoms with Gasteiger partial charge < -0.3 is 10.2 Å². The summed E-state index contributed by atoms with van der Waals surface area (Å²) in [6.45, 7) is 0.503. The Morgan fingerprint density at radius 1 is 1.04 bits per heavy atom. The van der Waals surface area contributed by atoms with Crippen LogP contribution in [0, 0.1) is 0 Å². The molecule has 0 saturated heterocycles. The lowest BCUT2D eigenvalue weighted by molar-refractivity contribution is 0.0954. The molecular formula is C20H21N5O. The molecule has 3 aromatic rings. The molecular weight excluding hydrogens is 326 g/mol. The van der Waals surface area contributed by atoms with Gasteiger partial charge in [-0.2, -0.15) is 0 Å². The predicted octanol–water partition coefficient (Wildman–Crippen LogP) is 2.58. The maximum atomic E-state index is 12.6. The molecule has 1 N–H and O–H groups in total. The summed E-state index contributed by atoms with van der Waals surface area (Å²) in [6.07, 6.45) is 4.01. The van der Waals surface area contributed by atoms with Crippen molar-refractivity contribution in [3.05, 3.63) is 72.2 Å². The number of nitrogens with one attached hydrogen (secondary N) is 1. The highest BCUT2D eigenvalue weighted by Gasteiger charge is 2.16. The van der Waals surface area contributed by atoms with Gasteiger partial charge in [0, 0.05) is 50.7 Å². The number of rotatable bonds is 6. The topological polar surface area (TPSA) is 71.0 Å². The van der Waals surface area contributed by atoms with Crippen molar-refractivity contribution >= 4 is 11.7 Å². The minimum Gasteiger partial charge on any atom is -0.362 e. The Kier molecular flexibility index (Phi) is 5.53. The number of benzene rings is 1. The van der Waals surface area contributed by atoms with Gasteiger partial charge in [0.2, 0.25) is 0 Å². The maximum absolute atomic E-state index is 12.6. The van der Waals surface area contributed by atoms with E-state index in [1.165, 1.54) is 0 Å². The molecule has 0 unspecified atom stereocenters. The van der Waals surface area contributed by atoms with Crippen molar-refractivity contribution in [3.63, 3.8) is 0 Å². The molecule has 0 aliphatic rings. The Labute approximate surface area is 153 Å². The van der Waals surface area contributed by atoms with E-state index in [9.17, 15) is 4.79 Å². The smallest absolute Gasteiger partial charge is 0.256 e. The summed E-state index contributed by atoms with van der Waals surface area (Å²) in [7, 11) is 3.73. The highest BCUT2D eigenvalue weighted by molar-refractivity contribution is 5.98. The fourth-order valence-corrected chi connectivity index (χ4v) is 2.55. The van der Waals surface area contributed by atoms with Gasteiger partial charge >= 0.3 is 0 Å². The maximum Gasteiger partial charge on any atom is 0.256 e. The number of carbonyl (C=O) groups excluding carboxylic acids is 1. The van der Waals surface area contributed by atoms with E-state index in [1.54, 1.807) is 12.4 Å². The van der Waals surface area contributed by atoms with Gasteiger partial charge in [0.15, 0.2) is 5.82 Å². The van der Waals surface area contributed by atoms with Crippen LogP contribution in [0.2, 0.25) is 0 Å². The van der Waals surface area contributed by atoms with Crippen molar-refractivity contribution in [2.75, 3.05) is 25.5 Å². The van der Waals surface area contributed by atoms with E-state index in [2.05, 4.69) is 20.3 Å². The molecule has 0 saturated carbocycles. The quantitative estimate of drug-likeness (QED) is 0.742. The molecule has 26 heavy (non-hydrogen) atoms. The Morgan fingerprint density at radius 2 is 1.81 bits per heavy atom. The van der Waals surface area contributed by atoms with E-state index in [0.29, 0.717) is 30.2 Å². The second-order valence-corrected chi connectivity index (χ2v) is 6.02. The fraction of sp³-hybridized carbons (Fsp3) is 0.200. The molecule has 1 aromatic carbocycles. The van der Waals surface area contributed by atoms with Crippen LogP contribution in [0.4, 0.5) is 5.82 Å². The number of hydrogen-bond donors (Lipinski definition) is 1. The normalized spacial score (nSPS) is 10.4. The SMILES string of the molecule is CN(C)c1nc(-c2ccccc2)ncc1C(=O)NCCc1ccccn1. The lowest BCUT2D eigenvalue weighted by atomic mass is 10.2. The molecule has 0 atom stereocenters. The Morgan fingerprint density at radius 3 is 2.50 bits per heavy atom. The zero-order chi connectivity index (χ0) is 18.4. The van der Waals surface area contributed by atoms with E-state index in [1.807, 2.05) is 67.5 Å². The number of amides is 1. The molecule has 0 spiro atoms. The number of aromatic nitrogens is 3. The average molecular weight is 347 g/mol. The minimum absolute atomic E-state index is 0.191. The number of nitrogens with zero attached hydrogens (tertiary/aromatic N) is 4. The van der Waals surface area contributed by atoms with E-state index in [0.717, 1.165) is 11.3 Å². The summed E-state index contributed by atoms with van der Waals surface area (Å²) in [4.78, 5) is 27.6. The number of carbonyl (C=O) groups is 1. The van der Waals surface area contributed by atoms with Gasteiger partial charge in [-0.15, -0.1) is 0 Å². The zero-order valence-electron chi connectivity index (χ0n) is 14.9. The number of anilines is 1. The van der Waals surface area contributed by atoms with Crippen molar-refractivity contribution in [3.8, 4) is 11.4 Å². The van der Waals surface area contributed by atoms with Gasteiger partial charge in [0.1, 0.15) is 11.4 Å². The molecule has 3 rings (SSSR count). The summed E-state index contributed by atoms with van der Waals surface area (Å²) < 4.78 is 0. The van der Waals surface area contributed by atoms with Crippen molar-refractivity contribution < 1.29 is 4.79 Å². The van der Waals surface area contributed by atoms with Crippen molar-refractivity contribution in [1.29, 1.82) is 0 Å². The molecule has 6 nitrogen and oxygen atoms in total. The molecule has 0 aliphatic heterocycles. The van der Waals surface area contributed by atoms with Crippen molar-refractivity contribution in [2.24, 2.45) is 0 Å². The van der Waals surface area contributed by atoms with Crippen molar-refractivity contribution in [2.45, 2.75) is 6.42 Å². The molecule has 0 fully saturated rings. The molecule has 1 amide bonds. The van der Waals surface area contributed by atoms with Crippen LogP contribution in [0.25, 0.3) is 11.4 Å². The largest absolute Gasteiger partial charge is 0.362 e. The van der Waals surface area contributed by atoms with Gasteiger partial charge in [0.05, 0.1) is 0 Å². The zero-order valence-corrected chi connectivity index (χ0v) is 14.9. The predicted molar refractivity (Wildman–Crippen MR) is 102 cm³/mol. The van der Waals surface area contributed by atoms with Gasteiger partial charge in [-0.25, -0.2) is 9.97 Å². The summed E-state index contributed by atoms with van der Waals surface area (Å²) in [5.41, 5.74) is 2.31. The molecule has 0 aliphatic carbocycles. The fourth-order valence-electron chi connectivity index (χ4n) is 2.55. The van der Waals surface area contributed by atoms with Gasteiger partial charge in [-0.05, 0) is 12.1 Å². The summed E-state index contributed by atoms with van der Waals surface area (Å²) in [5.74, 6) is 0.998. The van der Waals surface area contributed by atoms with E-state index in [4.69, 9.17) is 0 Å². The van der Waals surface area contributed by atoms with Crippen LogP contribution in [0.1, 0.15) is 16.1 Å². The van der Waals surface area contributed by atoms with Crippen LogP contribution in [0.5, 0.6) is 0 Å². The molecule has 2 aromatic heterocycles. The molecule has 132 valence electrons. The summed E-state index contributed by atoms with van der Waals surface area (Å²) in [5, 5.41) is 2.92. The summed E-state index contributed by atoms with van der Waals surface area (Å²) in [6, 6.07) is 15.5. The minimum atomic E-state index is -0.191. The van der Waals surface area contributed by atoms with E-state index < -0.39 is 0 Å². The number of hydrogen-bond acceptors (Lipinski definition) is 5. The van der Waals surface area contributed by atoms with Crippen molar-refractivity contribution in [1.82, 2.24) is 20.3 Å². The Hall–Kier alpha value is -3.28. The van der Waals surface area contributed by atoms with E-state index in [-0.39, 0.29) is 5.91 Å². The lowest BCUT2D eigenvalue weighted by Crippen LogP contribution is -2.28.